The van der Waals surface area contributed by atoms with Crippen LogP contribution in [-0.4, -0.2) is 11.4 Å². The van der Waals surface area contributed by atoms with E-state index in [1.165, 1.54) is 0 Å². The molecule has 0 bridgehead atoms. The topological polar surface area (TPSA) is 43.1 Å². The van der Waals surface area contributed by atoms with Crippen LogP contribution in [0.25, 0.3) is 11.0 Å². The molecular formula is C9H6ClNO2. The van der Waals surface area contributed by atoms with E-state index in [1.807, 2.05) is 6.92 Å². The third-order valence-corrected chi connectivity index (χ3v) is 2.22. The second-order valence-corrected chi connectivity index (χ2v) is 3.16. The molecule has 4 heteroatoms. The van der Waals surface area contributed by atoms with Crippen LogP contribution in [0.2, 0.25) is 5.02 Å². The Morgan fingerprint density at radius 3 is 3.00 bits per heavy atom. The maximum atomic E-state index is 10.6. The normalized spacial score (nSPS) is 10.6. The van der Waals surface area contributed by atoms with Crippen molar-refractivity contribution in [3.63, 3.8) is 0 Å². The van der Waals surface area contributed by atoms with Gasteiger partial charge in [-0.3, -0.25) is 4.79 Å². The van der Waals surface area contributed by atoms with Crippen LogP contribution in [0.4, 0.5) is 0 Å². The first-order valence-electron chi connectivity index (χ1n) is 3.73. The molecule has 0 saturated carbocycles. The molecule has 0 unspecified atom stereocenters. The summed E-state index contributed by atoms with van der Waals surface area (Å²) in [5.41, 5.74) is 1.82. The van der Waals surface area contributed by atoms with Gasteiger partial charge in [0, 0.05) is 17.0 Å². The lowest BCUT2D eigenvalue weighted by atomic mass is 10.1. The quantitative estimate of drug-likeness (QED) is 0.657. The molecule has 0 N–H and O–H groups in total. The van der Waals surface area contributed by atoms with Crippen LogP contribution in [-0.2, 0) is 0 Å². The molecule has 0 aliphatic heterocycles. The van der Waals surface area contributed by atoms with E-state index in [2.05, 4.69) is 5.16 Å². The number of carbonyl (C=O) groups is 1. The van der Waals surface area contributed by atoms with E-state index >= 15 is 0 Å². The molecule has 2 aromatic rings. The Balaban J connectivity index is 2.84. The van der Waals surface area contributed by atoms with Crippen molar-refractivity contribution in [2.24, 2.45) is 0 Å². The van der Waals surface area contributed by atoms with E-state index in [0.717, 1.165) is 11.1 Å². The van der Waals surface area contributed by atoms with E-state index < -0.39 is 0 Å². The highest BCUT2D eigenvalue weighted by atomic mass is 35.5. The largest absolute Gasteiger partial charge is 0.356 e. The molecule has 13 heavy (non-hydrogen) atoms. The van der Waals surface area contributed by atoms with Gasteiger partial charge in [0.05, 0.1) is 10.7 Å². The summed E-state index contributed by atoms with van der Waals surface area (Å²) < 4.78 is 4.98. The third kappa shape index (κ3) is 1.21. The Bertz CT molecular complexity index is 476. The van der Waals surface area contributed by atoms with Crippen molar-refractivity contribution in [2.45, 2.75) is 6.92 Å². The zero-order valence-electron chi connectivity index (χ0n) is 6.87. The summed E-state index contributed by atoms with van der Waals surface area (Å²) in [6, 6.07) is 3.27. The molecule has 0 spiro atoms. The number of hydrogen-bond acceptors (Lipinski definition) is 3. The van der Waals surface area contributed by atoms with Crippen molar-refractivity contribution in [1.82, 2.24) is 5.16 Å². The minimum Gasteiger partial charge on any atom is -0.356 e. The van der Waals surface area contributed by atoms with Gasteiger partial charge in [-0.2, -0.15) is 0 Å². The second kappa shape index (κ2) is 2.85. The van der Waals surface area contributed by atoms with E-state index in [0.29, 0.717) is 22.5 Å². The molecular weight excluding hydrogens is 190 g/mol. The van der Waals surface area contributed by atoms with Gasteiger partial charge in [-0.15, -0.1) is 0 Å². The number of aryl methyl sites for hydroxylation is 1. The Hall–Kier alpha value is -1.35. The van der Waals surface area contributed by atoms with Gasteiger partial charge in [0.1, 0.15) is 0 Å². The van der Waals surface area contributed by atoms with Crippen LogP contribution in [0.3, 0.4) is 0 Å². The van der Waals surface area contributed by atoms with E-state index in [-0.39, 0.29) is 0 Å². The van der Waals surface area contributed by atoms with Crippen molar-refractivity contribution in [1.29, 1.82) is 0 Å². The molecule has 1 aromatic heterocycles. The monoisotopic (exact) mass is 195 g/mol. The zero-order chi connectivity index (χ0) is 9.42. The van der Waals surface area contributed by atoms with E-state index in [1.54, 1.807) is 12.1 Å². The number of hydrogen-bond donors (Lipinski definition) is 0. The molecule has 0 radical (unpaired) electrons. The summed E-state index contributed by atoms with van der Waals surface area (Å²) in [5.74, 6) is 0. The minimum absolute atomic E-state index is 0.388. The van der Waals surface area contributed by atoms with Crippen molar-refractivity contribution in [3.8, 4) is 0 Å². The fourth-order valence-corrected chi connectivity index (χ4v) is 1.39. The van der Waals surface area contributed by atoms with Gasteiger partial charge in [-0.05, 0) is 13.0 Å². The summed E-state index contributed by atoms with van der Waals surface area (Å²) in [5, 5.41) is 4.98. The molecule has 0 amide bonds. The third-order valence-electron chi connectivity index (χ3n) is 1.90. The molecule has 3 nitrogen and oxygen atoms in total. The first-order chi connectivity index (χ1) is 6.22. The highest BCUT2D eigenvalue weighted by molar-refractivity contribution is 6.33. The molecule has 66 valence electrons. The Morgan fingerprint density at radius 2 is 2.31 bits per heavy atom. The second-order valence-electron chi connectivity index (χ2n) is 2.76. The summed E-state index contributed by atoms with van der Waals surface area (Å²) in [6.45, 7) is 1.81. The van der Waals surface area contributed by atoms with Gasteiger partial charge < -0.3 is 4.52 Å². The maximum Gasteiger partial charge on any atom is 0.168 e. The van der Waals surface area contributed by atoms with Crippen LogP contribution >= 0.6 is 11.6 Å². The van der Waals surface area contributed by atoms with Crippen molar-refractivity contribution in [3.05, 3.63) is 28.4 Å². The number of rotatable bonds is 1. The first-order valence-corrected chi connectivity index (χ1v) is 4.11. The lowest BCUT2D eigenvalue weighted by Crippen LogP contribution is -1.81. The summed E-state index contributed by atoms with van der Waals surface area (Å²) in [7, 11) is 0. The minimum atomic E-state index is 0.388. The van der Waals surface area contributed by atoms with Crippen LogP contribution in [0.5, 0.6) is 0 Å². The van der Waals surface area contributed by atoms with Crippen LogP contribution in [0, 0.1) is 6.92 Å². The predicted octanol–water partition coefficient (Wildman–Crippen LogP) is 2.60. The SMILES string of the molecule is Cc1noc2cc(Cl)c(C=O)cc12. The van der Waals surface area contributed by atoms with Gasteiger partial charge in [0.2, 0.25) is 0 Å². The number of benzene rings is 1. The zero-order valence-corrected chi connectivity index (χ0v) is 7.63. The lowest BCUT2D eigenvalue weighted by molar-refractivity contribution is 0.112. The molecule has 1 heterocycles. The number of aromatic nitrogens is 1. The highest BCUT2D eigenvalue weighted by Crippen LogP contribution is 2.24. The van der Waals surface area contributed by atoms with E-state index in [4.69, 9.17) is 16.1 Å². The molecule has 2 rings (SSSR count). The number of aldehydes is 1. The standard InChI is InChI=1S/C9H6ClNO2/c1-5-7-2-6(4-12)8(10)3-9(7)13-11-5/h2-4H,1H3. The van der Waals surface area contributed by atoms with Crippen LogP contribution < -0.4 is 0 Å². The molecule has 0 fully saturated rings. The van der Waals surface area contributed by atoms with Crippen molar-refractivity contribution >= 4 is 28.9 Å². The molecule has 0 atom stereocenters. The van der Waals surface area contributed by atoms with Gasteiger partial charge in [-0.25, -0.2) is 0 Å². The summed E-state index contributed by atoms with van der Waals surface area (Å²) in [4.78, 5) is 10.6. The van der Waals surface area contributed by atoms with Gasteiger partial charge >= 0.3 is 0 Å². The molecule has 0 aliphatic carbocycles. The van der Waals surface area contributed by atoms with Crippen LogP contribution in [0.15, 0.2) is 16.7 Å². The molecule has 0 saturated heterocycles. The molecule has 0 aliphatic rings. The van der Waals surface area contributed by atoms with E-state index in [9.17, 15) is 4.79 Å². The smallest absolute Gasteiger partial charge is 0.168 e. The molecule has 1 aromatic carbocycles. The lowest BCUT2D eigenvalue weighted by Gasteiger charge is -1.94. The average Bonchev–Trinajstić information content (AvgIpc) is 2.46. The van der Waals surface area contributed by atoms with Crippen LogP contribution in [0.1, 0.15) is 16.1 Å². The average molecular weight is 196 g/mol. The Morgan fingerprint density at radius 1 is 1.54 bits per heavy atom. The summed E-state index contributed by atoms with van der Waals surface area (Å²) in [6.07, 6.45) is 0.716. The number of halogens is 1. The number of fused-ring (bicyclic) bond motifs is 1. The fraction of sp³-hybridized carbons (Fsp3) is 0.111. The predicted molar refractivity (Wildman–Crippen MR) is 49.1 cm³/mol. The van der Waals surface area contributed by atoms with Crippen molar-refractivity contribution in [2.75, 3.05) is 0 Å². The number of nitrogens with zero attached hydrogens (tertiary/aromatic N) is 1. The summed E-state index contributed by atoms with van der Waals surface area (Å²) >= 11 is 5.79. The van der Waals surface area contributed by atoms with Gasteiger partial charge in [0.15, 0.2) is 11.9 Å². The maximum absolute atomic E-state index is 10.6. The highest BCUT2D eigenvalue weighted by Gasteiger charge is 2.08. The van der Waals surface area contributed by atoms with Crippen molar-refractivity contribution < 1.29 is 9.32 Å². The first kappa shape index (κ1) is 8.26. The fourth-order valence-electron chi connectivity index (χ4n) is 1.19. The van der Waals surface area contributed by atoms with Gasteiger partial charge in [0.25, 0.3) is 0 Å². The Labute approximate surface area is 79.3 Å². The Kier molecular flexibility index (Phi) is 1.81. The van der Waals surface area contributed by atoms with Gasteiger partial charge in [-0.1, -0.05) is 16.8 Å². The number of carbonyl (C=O) groups excluding carboxylic acids is 1.